The molecule has 4 aromatic rings. The number of carbonyl (C=O) groups excluding carboxylic acids is 1. The lowest BCUT2D eigenvalue weighted by Crippen LogP contribution is -2.20. The van der Waals surface area contributed by atoms with Gasteiger partial charge in [-0.05, 0) is 55.3 Å². The monoisotopic (exact) mass is 433 g/mol. The molecule has 4 rings (SSSR count). The van der Waals surface area contributed by atoms with Crippen molar-refractivity contribution in [2.45, 2.75) is 13.8 Å². The second-order valence-electron chi connectivity index (χ2n) is 7.21. The van der Waals surface area contributed by atoms with E-state index in [1.165, 1.54) is 0 Å². The predicted octanol–water partition coefficient (Wildman–Crippen LogP) is 5.75. The molecule has 0 aliphatic heterocycles. The summed E-state index contributed by atoms with van der Waals surface area (Å²) in [5, 5.41) is 3.89. The molecule has 0 spiro atoms. The molecule has 0 saturated heterocycles. The van der Waals surface area contributed by atoms with Gasteiger partial charge in [0.25, 0.3) is 5.91 Å². The summed E-state index contributed by atoms with van der Waals surface area (Å²) in [6.07, 6.45) is 0. The Kier molecular flexibility index (Phi) is 5.78. The second-order valence-corrected chi connectivity index (χ2v) is 7.62. The van der Waals surface area contributed by atoms with E-state index in [0.29, 0.717) is 33.2 Å². The lowest BCUT2D eigenvalue weighted by molar-refractivity contribution is -0.118. The van der Waals surface area contributed by atoms with Gasteiger partial charge < -0.3 is 14.5 Å². The molecule has 31 heavy (non-hydrogen) atoms. The summed E-state index contributed by atoms with van der Waals surface area (Å²) in [6, 6.07) is 19.7. The third kappa shape index (κ3) is 4.47. The fourth-order valence-electron chi connectivity index (χ4n) is 3.28. The van der Waals surface area contributed by atoms with E-state index in [2.05, 4.69) is 5.32 Å². The van der Waals surface area contributed by atoms with Gasteiger partial charge in [-0.25, -0.2) is 4.79 Å². The first-order chi connectivity index (χ1) is 14.9. The molecule has 156 valence electrons. The van der Waals surface area contributed by atoms with Crippen molar-refractivity contribution in [3.63, 3.8) is 0 Å². The van der Waals surface area contributed by atoms with Crippen LogP contribution in [0.1, 0.15) is 11.1 Å². The van der Waals surface area contributed by atoms with Crippen LogP contribution in [0.2, 0.25) is 5.02 Å². The SMILES string of the molecule is Cc1cccc(OCC(=O)Nc2ccc(-c3cc4ccccc4oc3=O)c(Cl)c2)c1C. The number of carbonyl (C=O) groups is 1. The summed E-state index contributed by atoms with van der Waals surface area (Å²) >= 11 is 6.42. The Morgan fingerprint density at radius 2 is 1.81 bits per heavy atom. The van der Waals surface area contributed by atoms with Crippen LogP contribution in [0, 0.1) is 13.8 Å². The molecule has 0 atom stereocenters. The Morgan fingerprint density at radius 3 is 2.61 bits per heavy atom. The highest BCUT2D eigenvalue weighted by Crippen LogP contribution is 2.30. The zero-order valence-corrected chi connectivity index (χ0v) is 17.8. The van der Waals surface area contributed by atoms with Crippen LogP contribution < -0.4 is 15.7 Å². The van der Waals surface area contributed by atoms with Crippen molar-refractivity contribution in [3.05, 3.63) is 93.3 Å². The van der Waals surface area contributed by atoms with Crippen LogP contribution in [-0.4, -0.2) is 12.5 Å². The number of rotatable bonds is 5. The molecule has 0 aliphatic carbocycles. The van der Waals surface area contributed by atoms with Crippen molar-refractivity contribution in [3.8, 4) is 16.9 Å². The maximum absolute atomic E-state index is 12.4. The maximum Gasteiger partial charge on any atom is 0.344 e. The molecule has 1 amide bonds. The average Bonchev–Trinajstić information content (AvgIpc) is 2.75. The molecule has 1 heterocycles. The zero-order valence-electron chi connectivity index (χ0n) is 17.1. The van der Waals surface area contributed by atoms with E-state index in [0.717, 1.165) is 16.5 Å². The zero-order chi connectivity index (χ0) is 22.0. The van der Waals surface area contributed by atoms with Crippen LogP contribution >= 0.6 is 11.6 Å². The van der Waals surface area contributed by atoms with Gasteiger partial charge in [0.1, 0.15) is 11.3 Å². The minimum Gasteiger partial charge on any atom is -0.483 e. The van der Waals surface area contributed by atoms with E-state index in [9.17, 15) is 9.59 Å². The Hall–Kier alpha value is -3.57. The van der Waals surface area contributed by atoms with Crippen LogP contribution in [0.25, 0.3) is 22.1 Å². The van der Waals surface area contributed by atoms with Crippen LogP contribution in [0.3, 0.4) is 0 Å². The topological polar surface area (TPSA) is 68.5 Å². The van der Waals surface area contributed by atoms with Crippen molar-refractivity contribution < 1.29 is 13.9 Å². The van der Waals surface area contributed by atoms with E-state index >= 15 is 0 Å². The molecule has 0 radical (unpaired) electrons. The Bertz CT molecular complexity index is 1340. The highest BCUT2D eigenvalue weighted by atomic mass is 35.5. The number of anilines is 1. The van der Waals surface area contributed by atoms with Crippen molar-refractivity contribution in [2.24, 2.45) is 0 Å². The minimum absolute atomic E-state index is 0.127. The largest absolute Gasteiger partial charge is 0.483 e. The molecule has 5 nitrogen and oxygen atoms in total. The molecule has 1 aromatic heterocycles. The standard InChI is InChI=1S/C25H20ClNO4/c1-15-6-5-9-22(16(15)2)30-14-24(28)27-18-10-11-19(21(26)13-18)20-12-17-7-3-4-8-23(17)31-25(20)29/h3-13H,14H2,1-2H3,(H,27,28). The molecule has 6 heteroatoms. The van der Waals surface area contributed by atoms with Gasteiger partial charge in [0.05, 0.1) is 10.6 Å². The third-order valence-electron chi connectivity index (χ3n) is 5.10. The highest BCUT2D eigenvalue weighted by molar-refractivity contribution is 6.33. The fourth-order valence-corrected chi connectivity index (χ4v) is 3.56. The summed E-state index contributed by atoms with van der Waals surface area (Å²) in [6.45, 7) is 3.81. The van der Waals surface area contributed by atoms with Gasteiger partial charge in [0.15, 0.2) is 6.61 Å². The molecular weight excluding hydrogens is 414 g/mol. The lowest BCUT2D eigenvalue weighted by atomic mass is 10.1. The summed E-state index contributed by atoms with van der Waals surface area (Å²) in [7, 11) is 0. The molecule has 0 bridgehead atoms. The molecule has 0 saturated carbocycles. The third-order valence-corrected chi connectivity index (χ3v) is 5.41. The number of benzene rings is 3. The van der Waals surface area contributed by atoms with Gasteiger partial charge in [-0.1, -0.05) is 48.0 Å². The number of para-hydroxylation sites is 1. The van der Waals surface area contributed by atoms with Crippen LogP contribution in [-0.2, 0) is 4.79 Å². The number of halogens is 1. The van der Waals surface area contributed by atoms with Crippen molar-refractivity contribution in [1.82, 2.24) is 0 Å². The highest BCUT2D eigenvalue weighted by Gasteiger charge is 2.13. The van der Waals surface area contributed by atoms with Gasteiger partial charge in [-0.15, -0.1) is 0 Å². The molecule has 0 aliphatic rings. The maximum atomic E-state index is 12.4. The van der Waals surface area contributed by atoms with Crippen LogP contribution in [0.5, 0.6) is 5.75 Å². The van der Waals surface area contributed by atoms with E-state index in [1.54, 1.807) is 36.4 Å². The minimum atomic E-state index is -0.473. The van der Waals surface area contributed by atoms with Gasteiger partial charge in [0.2, 0.25) is 0 Å². The normalized spacial score (nSPS) is 10.8. The second kappa shape index (κ2) is 8.66. The molecule has 0 fully saturated rings. The number of fused-ring (bicyclic) bond motifs is 1. The van der Waals surface area contributed by atoms with Gasteiger partial charge in [-0.3, -0.25) is 4.79 Å². The average molecular weight is 434 g/mol. The van der Waals surface area contributed by atoms with E-state index in [1.807, 2.05) is 44.2 Å². The first-order valence-corrected chi connectivity index (χ1v) is 10.1. The Morgan fingerprint density at radius 1 is 1.00 bits per heavy atom. The predicted molar refractivity (Wildman–Crippen MR) is 123 cm³/mol. The molecular formula is C25H20ClNO4. The lowest BCUT2D eigenvalue weighted by Gasteiger charge is -2.12. The van der Waals surface area contributed by atoms with Gasteiger partial charge >= 0.3 is 5.63 Å². The number of ether oxygens (including phenoxy) is 1. The smallest absolute Gasteiger partial charge is 0.344 e. The summed E-state index contributed by atoms with van der Waals surface area (Å²) < 4.78 is 11.0. The Labute approximate surface area is 184 Å². The van der Waals surface area contributed by atoms with Crippen molar-refractivity contribution >= 4 is 34.2 Å². The number of nitrogens with one attached hydrogen (secondary N) is 1. The summed E-state index contributed by atoms with van der Waals surface area (Å²) in [5.74, 6) is 0.363. The van der Waals surface area contributed by atoms with Crippen LogP contribution in [0.4, 0.5) is 5.69 Å². The van der Waals surface area contributed by atoms with Gasteiger partial charge in [-0.2, -0.15) is 0 Å². The Balaban J connectivity index is 1.50. The van der Waals surface area contributed by atoms with Crippen molar-refractivity contribution in [1.29, 1.82) is 0 Å². The fraction of sp³-hybridized carbons (Fsp3) is 0.120. The number of amides is 1. The first kappa shape index (κ1) is 20.7. The number of aryl methyl sites for hydroxylation is 1. The number of hydrogen-bond donors (Lipinski definition) is 1. The number of hydrogen-bond acceptors (Lipinski definition) is 4. The summed E-state index contributed by atoms with van der Waals surface area (Å²) in [4.78, 5) is 24.7. The molecule has 0 unspecified atom stereocenters. The van der Waals surface area contributed by atoms with E-state index in [-0.39, 0.29) is 12.5 Å². The van der Waals surface area contributed by atoms with Crippen LogP contribution in [0.15, 0.2) is 75.9 Å². The summed E-state index contributed by atoms with van der Waals surface area (Å²) in [5.41, 5.74) is 3.54. The quantitative estimate of drug-likeness (QED) is 0.407. The first-order valence-electron chi connectivity index (χ1n) is 9.74. The molecule has 3 aromatic carbocycles. The van der Waals surface area contributed by atoms with E-state index in [4.69, 9.17) is 20.8 Å². The van der Waals surface area contributed by atoms with Gasteiger partial charge in [0, 0.05) is 16.6 Å². The molecule has 1 N–H and O–H groups in total. The van der Waals surface area contributed by atoms with Crippen molar-refractivity contribution in [2.75, 3.05) is 11.9 Å². The van der Waals surface area contributed by atoms with E-state index < -0.39 is 5.63 Å².